The van der Waals surface area contributed by atoms with Gasteiger partial charge in [0.2, 0.25) is 0 Å². The van der Waals surface area contributed by atoms with Crippen LogP contribution < -0.4 is 4.74 Å². The Hall–Kier alpha value is -2.65. The van der Waals surface area contributed by atoms with Crippen LogP contribution in [-0.4, -0.2) is 72.6 Å². The number of halogens is 4. The summed E-state index contributed by atoms with van der Waals surface area (Å²) >= 11 is 0. The van der Waals surface area contributed by atoms with E-state index in [9.17, 15) is 22.4 Å². The molecular formula is C25H30F4N2O3. The normalized spacial score (nSPS) is 18.9. The first-order valence-electron chi connectivity index (χ1n) is 11.3. The van der Waals surface area contributed by atoms with Crippen LogP contribution in [0.25, 0.3) is 0 Å². The van der Waals surface area contributed by atoms with Crippen molar-refractivity contribution >= 4 is 5.97 Å². The van der Waals surface area contributed by atoms with Crippen molar-refractivity contribution in [3.05, 3.63) is 65.2 Å². The second-order valence-electron chi connectivity index (χ2n) is 8.80. The van der Waals surface area contributed by atoms with E-state index >= 15 is 0 Å². The largest absolute Gasteiger partial charge is 0.492 e. The molecule has 1 fully saturated rings. The monoisotopic (exact) mass is 482 g/mol. The van der Waals surface area contributed by atoms with E-state index in [0.717, 1.165) is 36.5 Å². The molecule has 1 unspecified atom stereocenters. The number of nitrogens with zero attached hydrogens (tertiary/aromatic N) is 2. The highest BCUT2D eigenvalue weighted by molar-refractivity contribution is 5.87. The van der Waals surface area contributed by atoms with Gasteiger partial charge in [0, 0.05) is 38.1 Å². The fraction of sp³-hybridized carbons (Fsp3) is 0.480. The van der Waals surface area contributed by atoms with Gasteiger partial charge in [0.05, 0.1) is 18.8 Å². The van der Waals surface area contributed by atoms with E-state index in [1.807, 2.05) is 30.3 Å². The van der Waals surface area contributed by atoms with Crippen LogP contribution in [-0.2, 0) is 13.0 Å². The smallest absolute Gasteiger partial charge is 0.401 e. The van der Waals surface area contributed by atoms with Crippen LogP contribution in [0.3, 0.4) is 0 Å². The molecule has 2 aromatic carbocycles. The van der Waals surface area contributed by atoms with Crippen molar-refractivity contribution in [1.29, 1.82) is 0 Å². The number of para-hydroxylation sites is 1. The number of carboxylic acid groups (broad SMARTS) is 1. The van der Waals surface area contributed by atoms with Gasteiger partial charge in [0.1, 0.15) is 12.4 Å². The Morgan fingerprint density at radius 2 is 1.82 bits per heavy atom. The first kappa shape index (κ1) is 26.0. The van der Waals surface area contributed by atoms with Crippen LogP contribution in [0, 0.1) is 5.92 Å². The average molecular weight is 483 g/mol. The SMILES string of the molecule is CC1Cc2cc(C(=O)O)ccc2CN1CC(F)(F)F.FCC1CN(CCOc2ccccc2)C1. The molecule has 0 amide bonds. The van der Waals surface area contributed by atoms with E-state index in [0.29, 0.717) is 13.0 Å². The van der Waals surface area contributed by atoms with Crippen LogP contribution in [0.15, 0.2) is 48.5 Å². The number of fused-ring (bicyclic) bond motifs is 1. The topological polar surface area (TPSA) is 53.0 Å². The highest BCUT2D eigenvalue weighted by Gasteiger charge is 2.35. The first-order chi connectivity index (χ1) is 16.1. The van der Waals surface area contributed by atoms with Crippen molar-refractivity contribution in [2.75, 3.05) is 39.5 Å². The number of rotatable bonds is 7. The minimum absolute atomic E-state index is 0.176. The molecule has 9 heteroatoms. The summed E-state index contributed by atoms with van der Waals surface area (Å²) < 4.78 is 55.0. The maximum Gasteiger partial charge on any atom is 0.401 e. The van der Waals surface area contributed by atoms with Gasteiger partial charge in [-0.2, -0.15) is 13.2 Å². The number of carboxylic acids is 1. The van der Waals surface area contributed by atoms with Crippen molar-refractivity contribution < 1.29 is 32.2 Å². The standard InChI is InChI=1S/C13H14F3NO2.C12H16FNO/c1-8-4-11-5-9(12(18)19)2-3-10(11)6-17(8)7-13(14,15)16;13-8-11-9-14(10-11)6-7-15-12-4-2-1-3-5-12/h2-3,5,8H,4,6-7H2,1H3,(H,18,19);1-5,11H,6-10H2. The second kappa shape index (κ2) is 11.7. The van der Waals surface area contributed by atoms with E-state index in [1.165, 1.54) is 11.0 Å². The quantitative estimate of drug-likeness (QED) is 0.582. The molecule has 0 spiro atoms. The molecule has 2 aliphatic heterocycles. The molecule has 4 rings (SSSR count). The molecule has 0 radical (unpaired) electrons. The molecular weight excluding hydrogens is 452 g/mol. The number of carbonyl (C=O) groups is 1. The van der Waals surface area contributed by atoms with Gasteiger partial charge < -0.3 is 9.84 Å². The van der Waals surface area contributed by atoms with Crippen molar-refractivity contribution in [2.24, 2.45) is 5.92 Å². The van der Waals surface area contributed by atoms with Gasteiger partial charge in [-0.15, -0.1) is 0 Å². The third-order valence-electron chi connectivity index (χ3n) is 6.02. The number of benzene rings is 2. The Kier molecular flexibility index (Phi) is 8.90. The van der Waals surface area contributed by atoms with Gasteiger partial charge in [-0.25, -0.2) is 4.79 Å². The zero-order chi connectivity index (χ0) is 24.7. The van der Waals surface area contributed by atoms with E-state index in [1.54, 1.807) is 19.1 Å². The second-order valence-corrected chi connectivity index (χ2v) is 8.80. The first-order valence-corrected chi connectivity index (χ1v) is 11.3. The summed E-state index contributed by atoms with van der Waals surface area (Å²) in [5.41, 5.74) is 1.77. The lowest BCUT2D eigenvalue weighted by molar-refractivity contribution is -0.152. The molecule has 1 N–H and O–H groups in total. The predicted octanol–water partition coefficient (Wildman–Crippen LogP) is 4.66. The van der Waals surface area contributed by atoms with Gasteiger partial charge >= 0.3 is 12.1 Å². The molecule has 1 atom stereocenters. The van der Waals surface area contributed by atoms with Gasteiger partial charge in [0.25, 0.3) is 0 Å². The van der Waals surface area contributed by atoms with Gasteiger partial charge in [0.15, 0.2) is 0 Å². The molecule has 186 valence electrons. The molecule has 5 nitrogen and oxygen atoms in total. The van der Waals surface area contributed by atoms with Gasteiger partial charge in [-0.1, -0.05) is 24.3 Å². The average Bonchev–Trinajstić information content (AvgIpc) is 2.75. The zero-order valence-corrected chi connectivity index (χ0v) is 19.1. The lowest BCUT2D eigenvalue weighted by Crippen LogP contribution is -2.49. The fourth-order valence-corrected chi connectivity index (χ4v) is 4.13. The Morgan fingerprint density at radius 3 is 2.44 bits per heavy atom. The van der Waals surface area contributed by atoms with Crippen LogP contribution in [0.2, 0.25) is 0 Å². The van der Waals surface area contributed by atoms with Crippen molar-refractivity contribution in [1.82, 2.24) is 9.80 Å². The number of aromatic carboxylic acids is 1. The fourth-order valence-electron chi connectivity index (χ4n) is 4.13. The number of hydrogen-bond donors (Lipinski definition) is 1. The number of ether oxygens (including phenoxy) is 1. The minimum Gasteiger partial charge on any atom is -0.492 e. The van der Waals surface area contributed by atoms with Gasteiger partial charge in [-0.05, 0) is 48.7 Å². The van der Waals surface area contributed by atoms with Gasteiger partial charge in [-0.3, -0.25) is 14.2 Å². The van der Waals surface area contributed by atoms with Crippen LogP contribution >= 0.6 is 0 Å². The van der Waals surface area contributed by atoms with E-state index in [-0.39, 0.29) is 30.7 Å². The lowest BCUT2D eigenvalue weighted by atomic mass is 9.93. The minimum atomic E-state index is -4.22. The van der Waals surface area contributed by atoms with Crippen LogP contribution in [0.4, 0.5) is 17.6 Å². The van der Waals surface area contributed by atoms with E-state index < -0.39 is 18.7 Å². The molecule has 2 aliphatic rings. The van der Waals surface area contributed by atoms with Crippen molar-refractivity contribution in [2.45, 2.75) is 32.1 Å². The summed E-state index contributed by atoms with van der Waals surface area (Å²) in [6.07, 6.45) is -3.78. The number of alkyl halides is 4. The maximum atomic E-state index is 12.4. The Labute approximate surface area is 196 Å². The summed E-state index contributed by atoms with van der Waals surface area (Å²) in [4.78, 5) is 14.4. The van der Waals surface area contributed by atoms with Crippen molar-refractivity contribution in [3.63, 3.8) is 0 Å². The molecule has 34 heavy (non-hydrogen) atoms. The molecule has 2 heterocycles. The third kappa shape index (κ3) is 7.70. The Balaban J connectivity index is 0.000000196. The number of likely N-dealkylation sites (tertiary alicyclic amines) is 1. The summed E-state index contributed by atoms with van der Waals surface area (Å²) in [6, 6.07) is 14.1. The maximum absolute atomic E-state index is 12.4. The van der Waals surface area contributed by atoms with Crippen LogP contribution in [0.1, 0.15) is 28.4 Å². The molecule has 0 aliphatic carbocycles. The lowest BCUT2D eigenvalue weighted by Gasteiger charge is -2.37. The van der Waals surface area contributed by atoms with Crippen molar-refractivity contribution in [3.8, 4) is 5.75 Å². The van der Waals surface area contributed by atoms with Crippen LogP contribution in [0.5, 0.6) is 5.75 Å². The summed E-state index contributed by atoms with van der Waals surface area (Å²) in [7, 11) is 0. The third-order valence-corrected chi connectivity index (χ3v) is 6.02. The molecule has 2 aromatic rings. The highest BCUT2D eigenvalue weighted by Crippen LogP contribution is 2.27. The number of hydrogen-bond acceptors (Lipinski definition) is 4. The summed E-state index contributed by atoms with van der Waals surface area (Å²) in [5, 5.41) is 8.90. The highest BCUT2D eigenvalue weighted by atomic mass is 19.4. The van der Waals surface area contributed by atoms with E-state index in [2.05, 4.69) is 4.90 Å². The molecule has 0 bridgehead atoms. The molecule has 0 aromatic heterocycles. The summed E-state index contributed by atoms with van der Waals surface area (Å²) in [5.74, 6) is 0.148. The Morgan fingerprint density at radius 1 is 1.12 bits per heavy atom. The van der Waals surface area contributed by atoms with E-state index in [4.69, 9.17) is 9.84 Å². The zero-order valence-electron chi connectivity index (χ0n) is 19.1. The Bertz CT molecular complexity index is 934. The molecule has 0 saturated carbocycles. The molecule has 1 saturated heterocycles. The predicted molar refractivity (Wildman–Crippen MR) is 121 cm³/mol. The summed E-state index contributed by atoms with van der Waals surface area (Å²) in [6.45, 7) is 4.15.